The molecule has 0 saturated carbocycles. The highest BCUT2D eigenvalue weighted by Gasteiger charge is 1.75. The average molecular weight is 109 g/mol. The molecule has 0 aromatic carbocycles. The zero-order valence-electron chi connectivity index (χ0n) is 3.41. The summed E-state index contributed by atoms with van der Waals surface area (Å²) in [6.07, 6.45) is 0. The third-order valence-corrected chi connectivity index (χ3v) is 0.478. The van der Waals surface area contributed by atoms with Crippen LogP contribution in [0.3, 0.4) is 0 Å². The lowest BCUT2D eigenvalue weighted by molar-refractivity contribution is 0.152. The molecule has 0 fully saturated rings. The standard InChI is InChI=1S/C3H7ClNO/c4-1-2-6-3-5/h5H,1-3H2. The van der Waals surface area contributed by atoms with E-state index in [9.17, 15) is 0 Å². The summed E-state index contributed by atoms with van der Waals surface area (Å²) in [5, 5.41) is 0. The summed E-state index contributed by atoms with van der Waals surface area (Å²) in [5.41, 5.74) is 6.43. The number of rotatable bonds is 3. The smallest absolute Gasteiger partial charge is 0.109 e. The van der Waals surface area contributed by atoms with Crippen molar-refractivity contribution in [3.8, 4) is 0 Å². The molecule has 1 N–H and O–H groups in total. The zero-order chi connectivity index (χ0) is 4.83. The molecular weight excluding hydrogens is 101 g/mol. The first-order valence-electron chi connectivity index (χ1n) is 1.70. The monoisotopic (exact) mass is 108 g/mol. The first kappa shape index (κ1) is 6.21. The number of nitrogens with one attached hydrogen (secondary N) is 1. The van der Waals surface area contributed by atoms with E-state index in [4.69, 9.17) is 17.3 Å². The normalized spacial score (nSPS) is 9.00. The maximum atomic E-state index is 6.43. The van der Waals surface area contributed by atoms with Crippen molar-refractivity contribution in [3.05, 3.63) is 0 Å². The lowest BCUT2D eigenvalue weighted by Crippen LogP contribution is -1.96. The Labute approximate surface area is 42.2 Å². The van der Waals surface area contributed by atoms with Gasteiger partial charge >= 0.3 is 0 Å². The maximum absolute atomic E-state index is 6.43. The van der Waals surface area contributed by atoms with Crippen LogP contribution in [-0.4, -0.2) is 19.2 Å². The summed E-state index contributed by atoms with van der Waals surface area (Å²) in [4.78, 5) is 0. The molecule has 1 radical (unpaired) electrons. The first-order chi connectivity index (χ1) is 2.91. The fourth-order valence-electron chi connectivity index (χ4n) is 0.127. The van der Waals surface area contributed by atoms with Crippen molar-refractivity contribution in [3.63, 3.8) is 0 Å². The minimum Gasteiger partial charge on any atom is -0.364 e. The van der Waals surface area contributed by atoms with Gasteiger partial charge in [0.05, 0.1) is 6.61 Å². The van der Waals surface area contributed by atoms with Crippen LogP contribution in [0.1, 0.15) is 0 Å². The van der Waals surface area contributed by atoms with Crippen molar-refractivity contribution < 1.29 is 4.74 Å². The van der Waals surface area contributed by atoms with E-state index < -0.39 is 0 Å². The largest absolute Gasteiger partial charge is 0.364 e. The van der Waals surface area contributed by atoms with E-state index in [1.165, 1.54) is 0 Å². The lowest BCUT2D eigenvalue weighted by Gasteiger charge is -1.89. The molecule has 0 amide bonds. The van der Waals surface area contributed by atoms with Gasteiger partial charge in [-0.1, -0.05) is 0 Å². The summed E-state index contributed by atoms with van der Waals surface area (Å²) in [7, 11) is 0. The molecule has 0 rings (SSSR count). The molecule has 6 heavy (non-hydrogen) atoms. The molecule has 3 heteroatoms. The highest BCUT2D eigenvalue weighted by Crippen LogP contribution is 1.73. The Hall–Kier alpha value is 0.210. The Morgan fingerprint density at radius 2 is 2.33 bits per heavy atom. The highest BCUT2D eigenvalue weighted by atomic mass is 35.5. The predicted molar refractivity (Wildman–Crippen MR) is 24.6 cm³/mol. The van der Waals surface area contributed by atoms with Crippen molar-refractivity contribution >= 4 is 11.6 Å². The summed E-state index contributed by atoms with van der Waals surface area (Å²) in [6.45, 7) is 0.512. The number of halogens is 1. The van der Waals surface area contributed by atoms with Crippen LogP contribution in [0.25, 0.3) is 0 Å². The van der Waals surface area contributed by atoms with Crippen LogP contribution in [0.15, 0.2) is 0 Å². The van der Waals surface area contributed by atoms with Gasteiger partial charge in [-0.3, -0.25) is 0 Å². The lowest BCUT2D eigenvalue weighted by atomic mass is 10.9. The van der Waals surface area contributed by atoms with Crippen molar-refractivity contribution in [1.29, 1.82) is 0 Å². The van der Waals surface area contributed by atoms with Crippen LogP contribution in [0, 0.1) is 0 Å². The predicted octanol–water partition coefficient (Wildman–Crippen LogP) is 0.482. The molecular formula is C3H7ClNO. The third-order valence-electron chi connectivity index (χ3n) is 0.324. The highest BCUT2D eigenvalue weighted by molar-refractivity contribution is 6.17. The first-order valence-corrected chi connectivity index (χ1v) is 2.23. The van der Waals surface area contributed by atoms with E-state index in [2.05, 4.69) is 4.74 Å². The molecule has 0 aliphatic rings. The second-order valence-corrected chi connectivity index (χ2v) is 1.12. The van der Waals surface area contributed by atoms with E-state index >= 15 is 0 Å². The van der Waals surface area contributed by atoms with E-state index in [0.717, 1.165) is 0 Å². The fraction of sp³-hybridized carbons (Fsp3) is 1.00. The molecule has 0 aromatic heterocycles. The minimum absolute atomic E-state index is 0.0206. The van der Waals surface area contributed by atoms with Crippen LogP contribution in [0.5, 0.6) is 0 Å². The molecule has 0 aliphatic carbocycles. The van der Waals surface area contributed by atoms with Gasteiger partial charge in [0.1, 0.15) is 6.73 Å². The SMILES string of the molecule is [NH]COCCCl. The number of hydrogen-bond acceptors (Lipinski definition) is 1. The fourth-order valence-corrected chi connectivity index (χ4v) is 0.236. The topological polar surface area (TPSA) is 33.0 Å². The van der Waals surface area contributed by atoms with Crippen LogP contribution < -0.4 is 5.73 Å². The Bertz CT molecular complexity index is 22.8. The van der Waals surface area contributed by atoms with E-state index in [1.807, 2.05) is 0 Å². The Morgan fingerprint density at radius 3 is 2.50 bits per heavy atom. The van der Waals surface area contributed by atoms with E-state index in [0.29, 0.717) is 12.5 Å². The van der Waals surface area contributed by atoms with Gasteiger partial charge in [-0.05, 0) is 0 Å². The van der Waals surface area contributed by atoms with Crippen molar-refractivity contribution in [1.82, 2.24) is 5.73 Å². The van der Waals surface area contributed by atoms with Crippen LogP contribution in [0.4, 0.5) is 0 Å². The minimum atomic E-state index is 0.0206. The van der Waals surface area contributed by atoms with Gasteiger partial charge in [-0.2, -0.15) is 0 Å². The van der Waals surface area contributed by atoms with Crippen LogP contribution in [-0.2, 0) is 4.74 Å². The molecule has 0 heterocycles. The molecule has 0 atom stereocenters. The average Bonchev–Trinajstić information content (AvgIpc) is 1.61. The Balaban J connectivity index is 2.34. The van der Waals surface area contributed by atoms with E-state index in [-0.39, 0.29) is 6.73 Å². The summed E-state index contributed by atoms with van der Waals surface area (Å²) in [6, 6.07) is 0. The molecule has 0 bridgehead atoms. The zero-order valence-corrected chi connectivity index (χ0v) is 4.16. The second-order valence-electron chi connectivity index (χ2n) is 0.742. The number of ether oxygens (including phenoxy) is 1. The van der Waals surface area contributed by atoms with Crippen molar-refractivity contribution in [2.75, 3.05) is 19.2 Å². The molecule has 0 aliphatic heterocycles. The van der Waals surface area contributed by atoms with Crippen molar-refractivity contribution in [2.45, 2.75) is 0 Å². The number of alkyl halides is 1. The summed E-state index contributed by atoms with van der Waals surface area (Å²) < 4.78 is 4.52. The van der Waals surface area contributed by atoms with Crippen LogP contribution in [0.2, 0.25) is 0 Å². The van der Waals surface area contributed by atoms with Gasteiger partial charge in [0.2, 0.25) is 0 Å². The maximum Gasteiger partial charge on any atom is 0.109 e. The van der Waals surface area contributed by atoms with Crippen molar-refractivity contribution in [2.24, 2.45) is 0 Å². The third kappa shape index (κ3) is 4.21. The summed E-state index contributed by atoms with van der Waals surface area (Å²) >= 11 is 5.17. The van der Waals surface area contributed by atoms with Gasteiger partial charge in [0.15, 0.2) is 0 Å². The van der Waals surface area contributed by atoms with Gasteiger partial charge in [0, 0.05) is 5.88 Å². The molecule has 0 saturated heterocycles. The molecule has 37 valence electrons. The molecule has 0 spiro atoms. The van der Waals surface area contributed by atoms with Gasteiger partial charge < -0.3 is 4.74 Å². The number of hydrogen-bond donors (Lipinski definition) is 0. The Kier molecular flexibility index (Phi) is 5.39. The van der Waals surface area contributed by atoms with Gasteiger partial charge in [-0.15, -0.1) is 11.6 Å². The Morgan fingerprint density at radius 1 is 1.67 bits per heavy atom. The van der Waals surface area contributed by atoms with Gasteiger partial charge in [-0.25, -0.2) is 5.73 Å². The molecule has 0 aromatic rings. The molecule has 2 nitrogen and oxygen atoms in total. The second kappa shape index (κ2) is 5.21. The van der Waals surface area contributed by atoms with Crippen LogP contribution >= 0.6 is 11.6 Å². The summed E-state index contributed by atoms with van der Waals surface area (Å²) in [5.74, 6) is 0.485. The van der Waals surface area contributed by atoms with E-state index in [1.54, 1.807) is 0 Å². The van der Waals surface area contributed by atoms with Gasteiger partial charge in [0.25, 0.3) is 0 Å². The quantitative estimate of drug-likeness (QED) is 0.383. The molecule has 0 unspecified atom stereocenters.